The molecular formula is C10H13ClN. The summed E-state index contributed by atoms with van der Waals surface area (Å²) in [4.78, 5) is 4.26. The molecule has 2 heteroatoms. The van der Waals surface area contributed by atoms with Crippen molar-refractivity contribution in [2.24, 2.45) is 0 Å². The minimum Gasteiger partial charge on any atom is -0.261 e. The fourth-order valence-electron chi connectivity index (χ4n) is 1.21. The van der Waals surface area contributed by atoms with E-state index in [9.17, 15) is 0 Å². The van der Waals surface area contributed by atoms with Crippen LogP contribution in [0.4, 0.5) is 0 Å². The van der Waals surface area contributed by atoms with Crippen LogP contribution < -0.4 is 0 Å². The Morgan fingerprint density at radius 2 is 2.08 bits per heavy atom. The summed E-state index contributed by atoms with van der Waals surface area (Å²) >= 11 is 5.85. The van der Waals surface area contributed by atoms with Gasteiger partial charge in [-0.1, -0.05) is 25.4 Å². The van der Waals surface area contributed by atoms with Gasteiger partial charge in [-0.25, -0.2) is 0 Å². The van der Waals surface area contributed by atoms with E-state index in [1.54, 1.807) is 12.3 Å². The molecule has 1 rings (SSSR count). The number of rotatable bonds is 3. The Labute approximate surface area is 78.8 Å². The normalized spacial score (nSPS) is 10.7. The minimum absolute atomic E-state index is 0.763. The molecule has 0 aliphatic carbocycles. The highest BCUT2D eigenvalue weighted by Gasteiger charge is 2.08. The van der Waals surface area contributed by atoms with E-state index < -0.39 is 0 Å². The van der Waals surface area contributed by atoms with E-state index in [1.807, 2.05) is 6.07 Å². The molecule has 0 aromatic carbocycles. The molecule has 0 aliphatic heterocycles. The Morgan fingerprint density at radius 1 is 1.42 bits per heavy atom. The van der Waals surface area contributed by atoms with E-state index in [2.05, 4.69) is 18.8 Å². The van der Waals surface area contributed by atoms with Crippen molar-refractivity contribution in [1.29, 1.82) is 0 Å². The van der Waals surface area contributed by atoms with Crippen molar-refractivity contribution in [3.63, 3.8) is 0 Å². The van der Waals surface area contributed by atoms with Crippen molar-refractivity contribution >= 4 is 11.6 Å². The number of aromatic nitrogens is 1. The summed E-state index contributed by atoms with van der Waals surface area (Å²) in [6.45, 7) is 4.28. The first-order valence-electron chi connectivity index (χ1n) is 4.24. The first-order chi connectivity index (χ1) is 5.77. The Kier molecular flexibility index (Phi) is 3.54. The van der Waals surface area contributed by atoms with E-state index in [4.69, 9.17) is 11.6 Å². The summed E-state index contributed by atoms with van der Waals surface area (Å²) in [5, 5.41) is 0.763. The monoisotopic (exact) mass is 182 g/mol. The van der Waals surface area contributed by atoms with Gasteiger partial charge in [0.1, 0.15) is 0 Å². The fraction of sp³-hybridized carbons (Fsp3) is 0.400. The van der Waals surface area contributed by atoms with E-state index in [-0.39, 0.29) is 0 Å². The lowest BCUT2D eigenvalue weighted by atomic mass is 9.99. The van der Waals surface area contributed by atoms with Crippen molar-refractivity contribution in [3.8, 4) is 0 Å². The molecule has 1 aromatic rings. The second-order valence-corrected chi connectivity index (χ2v) is 3.11. The number of hydrogen-bond acceptors (Lipinski definition) is 1. The van der Waals surface area contributed by atoms with Crippen molar-refractivity contribution in [3.05, 3.63) is 35.0 Å². The van der Waals surface area contributed by atoms with Crippen LogP contribution in [0.25, 0.3) is 0 Å². The molecule has 0 saturated carbocycles. The topological polar surface area (TPSA) is 12.9 Å². The summed E-state index contributed by atoms with van der Waals surface area (Å²) in [5.41, 5.74) is 1.03. The van der Waals surface area contributed by atoms with Gasteiger partial charge in [-0.05, 0) is 25.0 Å². The van der Waals surface area contributed by atoms with Gasteiger partial charge in [0, 0.05) is 22.8 Å². The van der Waals surface area contributed by atoms with Crippen LogP contribution in [0.3, 0.4) is 0 Å². The van der Waals surface area contributed by atoms with Crippen LogP contribution >= 0.6 is 11.6 Å². The molecule has 0 saturated heterocycles. The van der Waals surface area contributed by atoms with Gasteiger partial charge >= 0.3 is 0 Å². The number of hydrogen-bond donors (Lipinski definition) is 0. The molecule has 1 nitrogen and oxygen atoms in total. The lowest BCUT2D eigenvalue weighted by molar-refractivity contribution is 0.825. The second-order valence-electron chi connectivity index (χ2n) is 2.67. The van der Waals surface area contributed by atoms with Gasteiger partial charge in [0.05, 0.1) is 0 Å². The van der Waals surface area contributed by atoms with E-state index >= 15 is 0 Å². The molecule has 0 fully saturated rings. The van der Waals surface area contributed by atoms with Crippen molar-refractivity contribution in [1.82, 2.24) is 4.98 Å². The lowest BCUT2D eigenvalue weighted by Gasteiger charge is -2.09. The third kappa shape index (κ3) is 2.21. The summed E-state index contributed by atoms with van der Waals surface area (Å²) < 4.78 is 0. The summed E-state index contributed by atoms with van der Waals surface area (Å²) in [5.74, 6) is 1.36. The molecule has 0 aliphatic rings. The number of nitrogens with zero attached hydrogens (tertiary/aromatic N) is 1. The number of pyridine rings is 1. The molecule has 0 amide bonds. The molecule has 1 heterocycles. The van der Waals surface area contributed by atoms with Crippen LogP contribution in [0.15, 0.2) is 18.3 Å². The highest BCUT2D eigenvalue weighted by molar-refractivity contribution is 6.30. The summed E-state index contributed by atoms with van der Waals surface area (Å²) in [7, 11) is 0. The van der Waals surface area contributed by atoms with Gasteiger partial charge in [0.2, 0.25) is 0 Å². The second kappa shape index (κ2) is 4.46. The van der Waals surface area contributed by atoms with Crippen LogP contribution in [0.5, 0.6) is 0 Å². The molecular weight excluding hydrogens is 170 g/mol. The molecule has 0 atom stereocenters. The summed E-state index contributed by atoms with van der Waals surface area (Å²) in [6, 6.07) is 3.72. The quantitative estimate of drug-likeness (QED) is 0.698. The first-order valence-corrected chi connectivity index (χ1v) is 4.62. The van der Waals surface area contributed by atoms with Crippen molar-refractivity contribution < 1.29 is 0 Å². The third-order valence-electron chi connectivity index (χ3n) is 1.94. The van der Waals surface area contributed by atoms with E-state index in [0.717, 1.165) is 23.6 Å². The Morgan fingerprint density at radius 3 is 2.58 bits per heavy atom. The first kappa shape index (κ1) is 9.53. The molecule has 0 bridgehead atoms. The Bertz CT molecular complexity index is 243. The fourth-order valence-corrected chi connectivity index (χ4v) is 1.37. The highest BCUT2D eigenvalue weighted by Crippen LogP contribution is 2.21. The van der Waals surface area contributed by atoms with Crippen molar-refractivity contribution in [2.75, 3.05) is 0 Å². The van der Waals surface area contributed by atoms with Crippen LogP contribution in [-0.2, 0) is 0 Å². The highest BCUT2D eigenvalue weighted by atomic mass is 35.5. The average molecular weight is 183 g/mol. The Hall–Kier alpha value is -0.560. The van der Waals surface area contributed by atoms with Gasteiger partial charge in [-0.2, -0.15) is 0 Å². The third-order valence-corrected chi connectivity index (χ3v) is 2.17. The SMILES string of the molecule is CC[C](CC)c1cc(Cl)ccn1. The zero-order valence-electron chi connectivity index (χ0n) is 7.47. The predicted molar refractivity (Wildman–Crippen MR) is 52.2 cm³/mol. The zero-order valence-corrected chi connectivity index (χ0v) is 8.23. The van der Waals surface area contributed by atoms with Gasteiger partial charge < -0.3 is 0 Å². The van der Waals surface area contributed by atoms with Gasteiger partial charge in [0.15, 0.2) is 0 Å². The molecule has 0 unspecified atom stereocenters. The van der Waals surface area contributed by atoms with Gasteiger partial charge in [-0.3, -0.25) is 4.98 Å². The summed E-state index contributed by atoms with van der Waals surface area (Å²) in [6.07, 6.45) is 3.84. The smallest absolute Gasteiger partial charge is 0.0489 e. The molecule has 12 heavy (non-hydrogen) atoms. The lowest BCUT2D eigenvalue weighted by Crippen LogP contribution is -1.98. The predicted octanol–water partition coefficient (Wildman–Crippen LogP) is 3.48. The van der Waals surface area contributed by atoms with Gasteiger partial charge in [0.25, 0.3) is 0 Å². The zero-order chi connectivity index (χ0) is 8.97. The maximum absolute atomic E-state index is 5.85. The van der Waals surface area contributed by atoms with Crippen LogP contribution in [0.2, 0.25) is 5.02 Å². The molecule has 0 spiro atoms. The molecule has 1 radical (unpaired) electrons. The maximum Gasteiger partial charge on any atom is 0.0489 e. The van der Waals surface area contributed by atoms with Crippen LogP contribution in [0, 0.1) is 5.92 Å². The van der Waals surface area contributed by atoms with E-state index in [0.29, 0.717) is 0 Å². The largest absolute Gasteiger partial charge is 0.261 e. The van der Waals surface area contributed by atoms with Crippen LogP contribution in [-0.4, -0.2) is 4.98 Å². The minimum atomic E-state index is 0.763. The molecule has 0 N–H and O–H groups in total. The number of halogens is 1. The molecule has 1 aromatic heterocycles. The average Bonchev–Trinajstić information content (AvgIpc) is 2.07. The van der Waals surface area contributed by atoms with Crippen LogP contribution in [0.1, 0.15) is 32.4 Å². The standard InChI is InChI=1S/C10H13ClN/c1-3-8(4-2)10-7-9(11)5-6-12-10/h5-7H,3-4H2,1-2H3. The van der Waals surface area contributed by atoms with Crippen molar-refractivity contribution in [2.45, 2.75) is 26.7 Å². The molecule has 65 valence electrons. The maximum atomic E-state index is 5.85. The van der Waals surface area contributed by atoms with Gasteiger partial charge in [-0.15, -0.1) is 0 Å². The van der Waals surface area contributed by atoms with E-state index in [1.165, 1.54) is 5.92 Å². The Balaban J connectivity index is 2.85.